The average molecular weight is 416 g/mol. The molecule has 0 bridgehead atoms. The van der Waals surface area contributed by atoms with E-state index in [2.05, 4.69) is 46.7 Å². The second-order valence-electron chi connectivity index (χ2n) is 6.67. The van der Waals surface area contributed by atoms with Gasteiger partial charge < -0.3 is 4.74 Å². The van der Waals surface area contributed by atoms with E-state index in [1.54, 1.807) is 0 Å². The lowest BCUT2D eigenvalue weighted by molar-refractivity contribution is -0.137. The summed E-state index contributed by atoms with van der Waals surface area (Å²) in [5.74, 6) is -0.112. The third-order valence-electron chi connectivity index (χ3n) is 4.96. The van der Waals surface area contributed by atoms with Crippen LogP contribution in [0.4, 0.5) is 0 Å². The third-order valence-corrected chi connectivity index (χ3v) is 5.82. The first-order chi connectivity index (χ1) is 14.7. The topological polar surface area (TPSA) is 57.0 Å². The van der Waals surface area contributed by atoms with Crippen LogP contribution < -0.4 is 0 Å². The van der Waals surface area contributed by atoms with E-state index in [9.17, 15) is 4.79 Å². The first-order valence-electron chi connectivity index (χ1n) is 9.54. The highest BCUT2D eigenvalue weighted by Gasteiger charge is 2.39. The van der Waals surface area contributed by atoms with Gasteiger partial charge in [0, 0.05) is 0 Å². The molecule has 0 aliphatic rings. The molecular formula is C24H21N3O2S. The minimum Gasteiger partial charge on any atom is -0.468 e. The van der Waals surface area contributed by atoms with Gasteiger partial charge in [0.15, 0.2) is 0 Å². The van der Waals surface area contributed by atoms with E-state index >= 15 is 0 Å². The van der Waals surface area contributed by atoms with E-state index in [-0.39, 0.29) is 11.7 Å². The maximum Gasteiger partial charge on any atom is 0.316 e. The van der Waals surface area contributed by atoms with Crippen LogP contribution in [0.3, 0.4) is 0 Å². The van der Waals surface area contributed by atoms with Crippen molar-refractivity contribution in [2.75, 3.05) is 12.9 Å². The molecule has 4 aromatic rings. The molecule has 4 rings (SSSR count). The molecular weight excluding hydrogens is 394 g/mol. The number of aromatic nitrogens is 3. The molecule has 6 heteroatoms. The van der Waals surface area contributed by atoms with Crippen molar-refractivity contribution < 1.29 is 9.53 Å². The minimum absolute atomic E-state index is 0.185. The van der Waals surface area contributed by atoms with Crippen molar-refractivity contribution in [3.05, 3.63) is 114 Å². The van der Waals surface area contributed by atoms with E-state index in [1.165, 1.54) is 18.9 Å². The van der Waals surface area contributed by atoms with E-state index in [1.807, 2.05) is 65.5 Å². The summed E-state index contributed by atoms with van der Waals surface area (Å²) in [6.45, 7) is 0. The number of carbonyl (C=O) groups excluding carboxylic acids is 1. The number of benzene rings is 3. The first kappa shape index (κ1) is 19.9. The number of esters is 1. The summed E-state index contributed by atoms with van der Waals surface area (Å²) in [6, 6.07) is 30.8. The molecule has 0 amide bonds. The second-order valence-corrected chi connectivity index (χ2v) is 7.67. The maximum atomic E-state index is 11.6. The molecule has 0 aliphatic heterocycles. The minimum atomic E-state index is -0.707. The van der Waals surface area contributed by atoms with E-state index < -0.39 is 5.54 Å². The monoisotopic (exact) mass is 415 g/mol. The van der Waals surface area contributed by atoms with Gasteiger partial charge in [-0.15, -0.1) is 5.10 Å². The lowest BCUT2D eigenvalue weighted by Gasteiger charge is -2.35. The van der Waals surface area contributed by atoms with Gasteiger partial charge in [0.2, 0.25) is 0 Å². The summed E-state index contributed by atoms with van der Waals surface area (Å²) >= 11 is 1.31. The van der Waals surface area contributed by atoms with Gasteiger partial charge in [-0.2, -0.15) is 0 Å². The molecule has 3 aromatic carbocycles. The Labute approximate surface area is 179 Å². The van der Waals surface area contributed by atoms with Crippen LogP contribution in [-0.4, -0.2) is 33.8 Å². The van der Waals surface area contributed by atoms with Gasteiger partial charge >= 0.3 is 5.97 Å². The third kappa shape index (κ3) is 3.74. The first-order valence-corrected chi connectivity index (χ1v) is 10.5. The largest absolute Gasteiger partial charge is 0.468 e. The number of rotatable bonds is 7. The Balaban J connectivity index is 1.92. The fourth-order valence-corrected chi connectivity index (χ4v) is 4.26. The van der Waals surface area contributed by atoms with Gasteiger partial charge in [-0.05, 0) is 16.7 Å². The molecule has 0 atom stereocenters. The molecule has 0 radical (unpaired) electrons. The van der Waals surface area contributed by atoms with Crippen molar-refractivity contribution in [1.29, 1.82) is 0 Å². The zero-order valence-electron chi connectivity index (χ0n) is 16.5. The zero-order valence-corrected chi connectivity index (χ0v) is 17.3. The molecule has 150 valence electrons. The number of nitrogens with zero attached hydrogens (tertiary/aromatic N) is 3. The Bertz CT molecular complexity index is 1000. The van der Waals surface area contributed by atoms with E-state index in [4.69, 9.17) is 4.74 Å². The average Bonchev–Trinajstić information content (AvgIpc) is 3.29. The summed E-state index contributed by atoms with van der Waals surface area (Å²) in [7, 11) is 1.38. The van der Waals surface area contributed by atoms with Crippen molar-refractivity contribution in [2.45, 2.75) is 10.6 Å². The van der Waals surface area contributed by atoms with Crippen LogP contribution >= 0.6 is 11.8 Å². The normalized spacial score (nSPS) is 11.2. The quantitative estimate of drug-likeness (QED) is 0.255. The van der Waals surface area contributed by atoms with Gasteiger partial charge in [0.1, 0.15) is 10.6 Å². The highest BCUT2D eigenvalue weighted by atomic mass is 32.2. The van der Waals surface area contributed by atoms with Crippen LogP contribution in [0, 0.1) is 0 Å². The van der Waals surface area contributed by atoms with E-state index in [0.29, 0.717) is 5.03 Å². The van der Waals surface area contributed by atoms with Gasteiger partial charge in [-0.25, -0.2) is 4.68 Å². The smallest absolute Gasteiger partial charge is 0.316 e. The lowest BCUT2D eigenvalue weighted by atomic mass is 9.77. The summed E-state index contributed by atoms with van der Waals surface area (Å²) in [6.07, 6.45) is 1.89. The maximum absolute atomic E-state index is 11.6. The van der Waals surface area contributed by atoms with Gasteiger partial charge in [0.25, 0.3) is 0 Å². The van der Waals surface area contributed by atoms with Crippen LogP contribution in [-0.2, 0) is 15.1 Å². The molecule has 0 N–H and O–H groups in total. The SMILES string of the molecule is COC(=O)CSc1cn(C(c2ccccc2)(c2ccccc2)c2ccccc2)nn1. The van der Waals surface area contributed by atoms with Crippen LogP contribution in [0.1, 0.15) is 16.7 Å². The summed E-state index contributed by atoms with van der Waals surface area (Å²) in [4.78, 5) is 11.6. The predicted molar refractivity (Wildman–Crippen MR) is 117 cm³/mol. The summed E-state index contributed by atoms with van der Waals surface area (Å²) < 4.78 is 6.62. The van der Waals surface area contributed by atoms with Gasteiger partial charge in [-0.1, -0.05) is 108 Å². The Hall–Kier alpha value is -3.38. The van der Waals surface area contributed by atoms with Gasteiger partial charge in [0.05, 0.1) is 19.1 Å². The van der Waals surface area contributed by atoms with Crippen molar-refractivity contribution in [2.24, 2.45) is 0 Å². The van der Waals surface area contributed by atoms with Crippen LogP contribution in [0.25, 0.3) is 0 Å². The second kappa shape index (κ2) is 8.97. The summed E-state index contributed by atoms with van der Waals surface area (Å²) in [5.41, 5.74) is 2.49. The molecule has 1 aromatic heterocycles. The fraction of sp³-hybridized carbons (Fsp3) is 0.125. The van der Waals surface area contributed by atoms with Crippen molar-refractivity contribution >= 4 is 17.7 Å². The molecule has 0 unspecified atom stereocenters. The molecule has 0 spiro atoms. The zero-order chi connectivity index (χ0) is 20.8. The van der Waals surface area contributed by atoms with Crippen molar-refractivity contribution in [3.8, 4) is 0 Å². The molecule has 1 heterocycles. The number of methoxy groups -OCH3 is 1. The molecule has 0 saturated carbocycles. The number of hydrogen-bond acceptors (Lipinski definition) is 5. The molecule has 0 fully saturated rings. The predicted octanol–water partition coefficient (Wildman–Crippen LogP) is 4.38. The van der Waals surface area contributed by atoms with Crippen LogP contribution in [0.2, 0.25) is 0 Å². The van der Waals surface area contributed by atoms with Crippen LogP contribution in [0.15, 0.2) is 102 Å². The Kier molecular flexibility index (Phi) is 5.95. The van der Waals surface area contributed by atoms with Gasteiger partial charge in [-0.3, -0.25) is 4.79 Å². The molecule has 30 heavy (non-hydrogen) atoms. The van der Waals surface area contributed by atoms with Crippen LogP contribution in [0.5, 0.6) is 0 Å². The molecule has 5 nitrogen and oxygen atoms in total. The highest BCUT2D eigenvalue weighted by Crippen LogP contribution is 2.40. The Morgan fingerprint density at radius 1 is 0.867 bits per heavy atom. The Morgan fingerprint density at radius 3 is 1.77 bits per heavy atom. The molecule has 0 aliphatic carbocycles. The van der Waals surface area contributed by atoms with Crippen molar-refractivity contribution in [1.82, 2.24) is 15.0 Å². The lowest BCUT2D eigenvalue weighted by Crippen LogP contribution is -2.38. The fourth-order valence-electron chi connectivity index (χ4n) is 3.61. The number of thioether (sulfide) groups is 1. The van der Waals surface area contributed by atoms with E-state index in [0.717, 1.165) is 16.7 Å². The number of carbonyl (C=O) groups is 1. The molecule has 0 saturated heterocycles. The Morgan fingerprint density at radius 2 is 1.33 bits per heavy atom. The summed E-state index contributed by atoms with van der Waals surface area (Å²) in [5, 5.41) is 9.51. The van der Waals surface area contributed by atoms with Crippen molar-refractivity contribution in [3.63, 3.8) is 0 Å². The number of hydrogen-bond donors (Lipinski definition) is 0. The standard InChI is InChI=1S/C24H21N3O2S/c1-29-23(28)18-30-22-17-27(26-25-22)24(19-11-5-2-6-12-19,20-13-7-3-8-14-20)21-15-9-4-10-16-21/h2-17H,18H2,1H3. The number of ether oxygens (including phenoxy) is 1. The highest BCUT2D eigenvalue weighted by molar-refractivity contribution is 7.99.